The number of fused-ring (bicyclic) bond motifs is 2. The monoisotopic (exact) mass is 388 g/mol. The van der Waals surface area contributed by atoms with Gasteiger partial charge >= 0.3 is 0 Å². The molecule has 0 bridgehead atoms. The van der Waals surface area contributed by atoms with Gasteiger partial charge in [-0.3, -0.25) is 4.79 Å². The summed E-state index contributed by atoms with van der Waals surface area (Å²) >= 11 is 1.59. The topological polar surface area (TPSA) is 92.2 Å². The zero-order valence-corrected chi connectivity index (χ0v) is 15.6. The lowest BCUT2D eigenvalue weighted by Gasteiger charge is -2.05. The van der Waals surface area contributed by atoms with Crippen molar-refractivity contribution < 1.29 is 0 Å². The molecule has 0 amide bonds. The molecule has 2 aromatic carbocycles. The third-order valence-corrected chi connectivity index (χ3v) is 5.39. The molecule has 0 saturated heterocycles. The first-order valence-corrected chi connectivity index (χ1v) is 9.81. The molecule has 0 fully saturated rings. The smallest absolute Gasteiger partial charge is 0.248 e. The Balaban J connectivity index is 1.33. The molecule has 0 unspecified atom stereocenters. The highest BCUT2D eigenvalue weighted by atomic mass is 32.2. The lowest BCUT2D eigenvalue weighted by molar-refractivity contribution is 0.651. The number of pyridine rings is 1. The van der Waals surface area contributed by atoms with Crippen LogP contribution in [0.15, 0.2) is 70.7 Å². The fourth-order valence-electron chi connectivity index (χ4n) is 3.20. The number of nitrogens with one attached hydrogen (secondary N) is 2. The number of aromatic amines is 2. The summed E-state index contributed by atoms with van der Waals surface area (Å²) in [5.74, 6) is 0.663. The maximum absolute atomic E-state index is 11.9. The molecule has 2 N–H and O–H groups in total. The normalized spacial score (nSPS) is 11.4. The number of thioether (sulfide) groups is 1. The van der Waals surface area contributed by atoms with Gasteiger partial charge in [0.25, 0.3) is 0 Å². The van der Waals surface area contributed by atoms with E-state index in [1.54, 1.807) is 22.5 Å². The van der Waals surface area contributed by atoms with E-state index in [0.29, 0.717) is 12.3 Å². The number of para-hydroxylation sites is 3. The van der Waals surface area contributed by atoms with Crippen molar-refractivity contribution in [2.75, 3.05) is 0 Å². The van der Waals surface area contributed by atoms with Gasteiger partial charge in [-0.1, -0.05) is 47.3 Å². The number of imidazole rings is 1. The van der Waals surface area contributed by atoms with Crippen LogP contribution in [0.4, 0.5) is 0 Å². The molecule has 8 heteroatoms. The summed E-state index contributed by atoms with van der Waals surface area (Å²) in [7, 11) is 0. The van der Waals surface area contributed by atoms with Crippen molar-refractivity contribution >= 4 is 33.7 Å². The number of aromatic nitrogens is 6. The number of rotatable bonds is 5. The van der Waals surface area contributed by atoms with E-state index >= 15 is 0 Å². The SMILES string of the molecule is O=c1cc(Cn2cc(CSc3nc4ccccc4[nH]3)nn2)c2ccccc2[nH]1. The van der Waals surface area contributed by atoms with E-state index < -0.39 is 0 Å². The van der Waals surface area contributed by atoms with Gasteiger partial charge in [-0.05, 0) is 23.8 Å². The van der Waals surface area contributed by atoms with Crippen LogP contribution in [0.25, 0.3) is 21.9 Å². The first-order valence-electron chi connectivity index (χ1n) is 8.82. The van der Waals surface area contributed by atoms with Crippen LogP contribution in [0.5, 0.6) is 0 Å². The summed E-state index contributed by atoms with van der Waals surface area (Å²) in [5.41, 5.74) is 4.46. The van der Waals surface area contributed by atoms with E-state index in [9.17, 15) is 4.79 Å². The predicted molar refractivity (Wildman–Crippen MR) is 109 cm³/mol. The number of hydrogen-bond acceptors (Lipinski definition) is 5. The summed E-state index contributed by atoms with van der Waals surface area (Å²) in [6.07, 6.45) is 1.91. The van der Waals surface area contributed by atoms with Gasteiger partial charge < -0.3 is 9.97 Å². The minimum Gasteiger partial charge on any atom is -0.333 e. The summed E-state index contributed by atoms with van der Waals surface area (Å²) in [6, 6.07) is 17.3. The Morgan fingerprint density at radius 2 is 1.82 bits per heavy atom. The molecular formula is C20H16N6OS. The minimum absolute atomic E-state index is 0.116. The van der Waals surface area contributed by atoms with Crippen LogP contribution in [-0.4, -0.2) is 29.9 Å². The number of benzene rings is 2. The minimum atomic E-state index is -0.116. The van der Waals surface area contributed by atoms with Gasteiger partial charge in [0.05, 0.1) is 23.3 Å². The molecule has 5 rings (SSSR count). The second kappa shape index (κ2) is 6.97. The van der Waals surface area contributed by atoms with E-state index in [0.717, 1.165) is 38.4 Å². The van der Waals surface area contributed by atoms with Crippen molar-refractivity contribution in [3.63, 3.8) is 0 Å². The maximum atomic E-state index is 11.9. The van der Waals surface area contributed by atoms with Crippen LogP contribution >= 0.6 is 11.8 Å². The van der Waals surface area contributed by atoms with Gasteiger partial charge in [-0.15, -0.1) is 5.10 Å². The van der Waals surface area contributed by atoms with Crippen LogP contribution in [0.1, 0.15) is 11.3 Å². The van der Waals surface area contributed by atoms with Crippen molar-refractivity contribution in [1.82, 2.24) is 29.9 Å². The molecule has 0 saturated carbocycles. The van der Waals surface area contributed by atoms with Crippen molar-refractivity contribution in [2.45, 2.75) is 17.5 Å². The molecule has 0 spiro atoms. The first kappa shape index (κ1) is 16.8. The fourth-order valence-corrected chi connectivity index (χ4v) is 3.97. The highest BCUT2D eigenvalue weighted by Gasteiger charge is 2.08. The van der Waals surface area contributed by atoms with Crippen molar-refractivity contribution in [1.29, 1.82) is 0 Å². The molecule has 0 atom stereocenters. The summed E-state index contributed by atoms with van der Waals surface area (Å²) in [4.78, 5) is 22.6. The molecule has 3 aromatic heterocycles. The molecule has 28 heavy (non-hydrogen) atoms. The first-order chi connectivity index (χ1) is 13.7. The molecule has 0 aliphatic carbocycles. The van der Waals surface area contributed by atoms with E-state index in [1.807, 2.05) is 54.7 Å². The van der Waals surface area contributed by atoms with Crippen LogP contribution in [0, 0.1) is 0 Å². The predicted octanol–water partition coefficient (Wildman–Crippen LogP) is 3.34. The van der Waals surface area contributed by atoms with Gasteiger partial charge in [-0.25, -0.2) is 9.67 Å². The number of hydrogen-bond donors (Lipinski definition) is 2. The average Bonchev–Trinajstić information content (AvgIpc) is 3.32. The van der Waals surface area contributed by atoms with Crippen molar-refractivity contribution in [3.8, 4) is 0 Å². The van der Waals surface area contributed by atoms with E-state index in [-0.39, 0.29) is 5.56 Å². The van der Waals surface area contributed by atoms with Gasteiger partial charge in [0.1, 0.15) is 0 Å². The summed E-state index contributed by atoms with van der Waals surface area (Å²) in [6.45, 7) is 0.493. The molecule has 138 valence electrons. The van der Waals surface area contributed by atoms with E-state index in [2.05, 4.69) is 25.3 Å². The average molecular weight is 388 g/mol. The molecule has 7 nitrogen and oxygen atoms in total. The van der Waals surface area contributed by atoms with Gasteiger partial charge in [0.15, 0.2) is 5.16 Å². The van der Waals surface area contributed by atoms with Gasteiger partial charge in [0.2, 0.25) is 5.56 Å². The highest BCUT2D eigenvalue weighted by molar-refractivity contribution is 7.98. The van der Waals surface area contributed by atoms with Gasteiger partial charge in [0, 0.05) is 28.9 Å². The number of H-pyrrole nitrogens is 2. The third-order valence-electron chi connectivity index (χ3n) is 4.48. The lowest BCUT2D eigenvalue weighted by Crippen LogP contribution is -2.09. The highest BCUT2D eigenvalue weighted by Crippen LogP contribution is 2.22. The second-order valence-electron chi connectivity index (χ2n) is 6.46. The molecule has 3 heterocycles. The maximum Gasteiger partial charge on any atom is 0.248 e. The Bertz CT molecular complexity index is 1300. The quantitative estimate of drug-likeness (QED) is 0.451. The van der Waals surface area contributed by atoms with Crippen LogP contribution in [-0.2, 0) is 12.3 Å². The molecular weight excluding hydrogens is 372 g/mol. The standard InChI is InChI=1S/C20H16N6OS/c27-19-9-13(15-5-1-2-6-16(15)21-19)10-26-11-14(24-25-26)12-28-20-22-17-7-3-4-8-18(17)23-20/h1-9,11H,10,12H2,(H,21,27)(H,22,23). The summed E-state index contributed by atoms with van der Waals surface area (Å²) in [5, 5.41) is 10.3. The van der Waals surface area contributed by atoms with Crippen LogP contribution in [0.3, 0.4) is 0 Å². The van der Waals surface area contributed by atoms with E-state index in [1.165, 1.54) is 0 Å². The molecule has 5 aromatic rings. The lowest BCUT2D eigenvalue weighted by atomic mass is 10.1. The van der Waals surface area contributed by atoms with Crippen LogP contribution in [0.2, 0.25) is 0 Å². The zero-order chi connectivity index (χ0) is 18.9. The molecule has 0 aliphatic rings. The summed E-state index contributed by atoms with van der Waals surface area (Å²) < 4.78 is 1.76. The van der Waals surface area contributed by atoms with E-state index in [4.69, 9.17) is 0 Å². The van der Waals surface area contributed by atoms with Crippen molar-refractivity contribution in [2.24, 2.45) is 0 Å². The Morgan fingerprint density at radius 3 is 2.71 bits per heavy atom. The molecule has 0 radical (unpaired) electrons. The number of nitrogens with zero attached hydrogens (tertiary/aromatic N) is 4. The molecule has 0 aliphatic heterocycles. The Labute approximate surface area is 163 Å². The Morgan fingerprint density at radius 1 is 1.00 bits per heavy atom. The second-order valence-corrected chi connectivity index (χ2v) is 7.42. The van der Waals surface area contributed by atoms with Crippen LogP contribution < -0.4 is 5.56 Å². The van der Waals surface area contributed by atoms with Crippen molar-refractivity contribution in [3.05, 3.63) is 82.4 Å². The zero-order valence-electron chi connectivity index (χ0n) is 14.8. The van der Waals surface area contributed by atoms with Gasteiger partial charge in [-0.2, -0.15) is 0 Å². The Hall–Kier alpha value is -3.39. The fraction of sp³-hybridized carbons (Fsp3) is 0.100. The largest absolute Gasteiger partial charge is 0.333 e. The Kier molecular flexibility index (Phi) is 4.17. The third kappa shape index (κ3) is 3.29.